The third kappa shape index (κ3) is 3.75. The van der Waals surface area contributed by atoms with E-state index in [0.29, 0.717) is 30.8 Å². The van der Waals surface area contributed by atoms with Crippen LogP contribution in [0, 0.1) is 19.8 Å². The van der Waals surface area contributed by atoms with Crippen molar-refractivity contribution in [2.24, 2.45) is 5.92 Å². The molecule has 0 bridgehead atoms. The number of carbonyl (C=O) groups is 1. The molecule has 0 spiro atoms. The lowest BCUT2D eigenvalue weighted by Crippen LogP contribution is -2.47. The van der Waals surface area contributed by atoms with Gasteiger partial charge < -0.3 is 4.90 Å². The highest BCUT2D eigenvalue weighted by molar-refractivity contribution is 7.89. The Morgan fingerprint density at radius 3 is 2.35 bits per heavy atom. The number of sulfonamides is 1. The van der Waals surface area contributed by atoms with Crippen LogP contribution in [0.2, 0.25) is 0 Å². The number of nitrogens with zero attached hydrogens (tertiary/aromatic N) is 1. The molecule has 0 radical (unpaired) electrons. The third-order valence-electron chi connectivity index (χ3n) is 4.67. The Bertz CT molecular complexity index is 703. The molecule has 1 saturated heterocycles. The summed E-state index contributed by atoms with van der Waals surface area (Å²) < 4.78 is 28.0. The smallest absolute Gasteiger partial charge is 0.241 e. The summed E-state index contributed by atoms with van der Waals surface area (Å²) >= 11 is 0. The minimum Gasteiger partial charge on any atom is -0.342 e. The molecule has 1 N–H and O–H groups in total. The van der Waals surface area contributed by atoms with E-state index >= 15 is 0 Å². The second-order valence-electron chi connectivity index (χ2n) is 6.76. The van der Waals surface area contributed by atoms with Crippen LogP contribution < -0.4 is 4.72 Å². The van der Waals surface area contributed by atoms with E-state index in [1.807, 2.05) is 30.9 Å². The Morgan fingerprint density at radius 2 is 1.78 bits per heavy atom. The van der Waals surface area contributed by atoms with Crippen LogP contribution in [0.15, 0.2) is 23.1 Å². The van der Waals surface area contributed by atoms with Gasteiger partial charge in [0.25, 0.3) is 0 Å². The van der Waals surface area contributed by atoms with E-state index in [-0.39, 0.29) is 17.9 Å². The molecule has 1 aromatic rings. The van der Waals surface area contributed by atoms with E-state index in [1.54, 1.807) is 6.07 Å². The highest BCUT2D eigenvalue weighted by atomic mass is 32.2. The summed E-state index contributed by atoms with van der Waals surface area (Å²) in [6.07, 6.45) is 3.39. The summed E-state index contributed by atoms with van der Waals surface area (Å²) in [7, 11) is -3.50. The van der Waals surface area contributed by atoms with Crippen molar-refractivity contribution in [1.82, 2.24) is 9.62 Å². The molecule has 0 atom stereocenters. The Labute approximate surface area is 138 Å². The molecule has 2 fully saturated rings. The van der Waals surface area contributed by atoms with Gasteiger partial charge in [-0.15, -0.1) is 0 Å². The second kappa shape index (κ2) is 6.24. The highest BCUT2D eigenvalue weighted by Crippen LogP contribution is 2.32. The van der Waals surface area contributed by atoms with Gasteiger partial charge >= 0.3 is 0 Å². The number of rotatable bonds is 4. The molecule has 6 heteroatoms. The standard InChI is InChI=1S/C17H24N2O3S/c1-12-3-6-16(13(2)11-12)23(21,22)18-15-7-9-19(10-8-15)17(20)14-4-5-14/h3,6,11,14-15,18H,4-5,7-10H2,1-2H3. The summed E-state index contributed by atoms with van der Waals surface area (Å²) in [6, 6.07) is 5.27. The van der Waals surface area contributed by atoms with E-state index < -0.39 is 10.0 Å². The first-order valence-corrected chi connectivity index (χ1v) is 9.73. The van der Waals surface area contributed by atoms with Crippen molar-refractivity contribution in [2.75, 3.05) is 13.1 Å². The van der Waals surface area contributed by atoms with Crippen LogP contribution in [0.1, 0.15) is 36.8 Å². The molecule has 1 aromatic carbocycles. The minimum absolute atomic E-state index is 0.0936. The summed E-state index contributed by atoms with van der Waals surface area (Å²) in [5.41, 5.74) is 1.81. The lowest BCUT2D eigenvalue weighted by atomic mass is 10.1. The van der Waals surface area contributed by atoms with E-state index in [4.69, 9.17) is 0 Å². The number of likely N-dealkylation sites (tertiary alicyclic amines) is 1. The van der Waals surface area contributed by atoms with Gasteiger partial charge in [0.15, 0.2) is 0 Å². The average molecular weight is 336 g/mol. The Kier molecular flexibility index (Phi) is 4.47. The molecule has 1 saturated carbocycles. The SMILES string of the molecule is Cc1ccc(S(=O)(=O)NC2CCN(C(=O)C3CC3)CC2)c(C)c1. The maximum atomic E-state index is 12.6. The van der Waals surface area contributed by atoms with Crippen LogP contribution in [0.25, 0.3) is 0 Å². The molecule has 0 unspecified atom stereocenters. The van der Waals surface area contributed by atoms with Crippen LogP contribution in [0.3, 0.4) is 0 Å². The fourth-order valence-corrected chi connectivity index (χ4v) is 4.72. The predicted molar refractivity (Wildman–Crippen MR) is 88.6 cm³/mol. The van der Waals surface area contributed by atoms with Crippen molar-refractivity contribution in [3.63, 3.8) is 0 Å². The molecule has 23 heavy (non-hydrogen) atoms. The number of carbonyl (C=O) groups excluding carboxylic acids is 1. The number of amides is 1. The zero-order chi connectivity index (χ0) is 16.6. The monoisotopic (exact) mass is 336 g/mol. The van der Waals surface area contributed by atoms with Gasteiger partial charge in [-0.3, -0.25) is 4.79 Å². The van der Waals surface area contributed by atoms with Crippen LogP contribution in [0.4, 0.5) is 0 Å². The van der Waals surface area contributed by atoms with Crippen molar-refractivity contribution in [3.8, 4) is 0 Å². The van der Waals surface area contributed by atoms with Gasteiger partial charge in [0.1, 0.15) is 0 Å². The van der Waals surface area contributed by atoms with Gasteiger partial charge in [0, 0.05) is 25.0 Å². The highest BCUT2D eigenvalue weighted by Gasteiger charge is 2.35. The first-order chi connectivity index (χ1) is 10.9. The normalized spacial score (nSPS) is 19.8. The summed E-state index contributed by atoms with van der Waals surface area (Å²) in [6.45, 7) is 5.06. The molecule has 0 aromatic heterocycles. The van der Waals surface area contributed by atoms with Crippen molar-refractivity contribution < 1.29 is 13.2 Å². The molecule has 1 heterocycles. The van der Waals surface area contributed by atoms with Gasteiger partial charge in [-0.05, 0) is 51.2 Å². The number of hydrogen-bond donors (Lipinski definition) is 1. The maximum Gasteiger partial charge on any atom is 0.241 e. The molecular weight excluding hydrogens is 312 g/mol. The predicted octanol–water partition coefficient (Wildman–Crippen LogP) is 1.98. The molecule has 5 nitrogen and oxygen atoms in total. The van der Waals surface area contributed by atoms with E-state index in [9.17, 15) is 13.2 Å². The molecule has 1 aliphatic carbocycles. The van der Waals surface area contributed by atoms with Crippen LogP contribution in [-0.4, -0.2) is 38.4 Å². The van der Waals surface area contributed by atoms with Gasteiger partial charge in [0.05, 0.1) is 4.90 Å². The van der Waals surface area contributed by atoms with Gasteiger partial charge in [-0.2, -0.15) is 0 Å². The lowest BCUT2D eigenvalue weighted by molar-refractivity contribution is -0.133. The quantitative estimate of drug-likeness (QED) is 0.914. The lowest BCUT2D eigenvalue weighted by Gasteiger charge is -2.32. The van der Waals surface area contributed by atoms with Crippen molar-refractivity contribution in [2.45, 2.75) is 50.5 Å². The van der Waals surface area contributed by atoms with E-state index in [2.05, 4.69) is 4.72 Å². The summed E-state index contributed by atoms with van der Waals surface area (Å²) in [4.78, 5) is 14.3. The zero-order valence-corrected chi connectivity index (χ0v) is 14.5. The molecule has 126 valence electrons. The molecule has 1 aliphatic heterocycles. The molecule has 1 amide bonds. The van der Waals surface area contributed by atoms with Crippen LogP contribution in [0.5, 0.6) is 0 Å². The first kappa shape index (κ1) is 16.5. The zero-order valence-electron chi connectivity index (χ0n) is 13.7. The van der Waals surface area contributed by atoms with Crippen LogP contribution in [-0.2, 0) is 14.8 Å². The number of nitrogens with one attached hydrogen (secondary N) is 1. The van der Waals surface area contributed by atoms with E-state index in [0.717, 1.165) is 24.0 Å². The fraction of sp³-hybridized carbons (Fsp3) is 0.588. The Balaban J connectivity index is 1.62. The van der Waals surface area contributed by atoms with Gasteiger partial charge in [0.2, 0.25) is 15.9 Å². The van der Waals surface area contributed by atoms with E-state index in [1.165, 1.54) is 0 Å². The molecule has 2 aliphatic rings. The summed E-state index contributed by atoms with van der Waals surface area (Å²) in [5, 5.41) is 0. The van der Waals surface area contributed by atoms with Crippen molar-refractivity contribution in [3.05, 3.63) is 29.3 Å². The maximum absolute atomic E-state index is 12.6. The minimum atomic E-state index is -3.50. The van der Waals surface area contributed by atoms with Crippen molar-refractivity contribution >= 4 is 15.9 Å². The second-order valence-corrected chi connectivity index (χ2v) is 8.45. The van der Waals surface area contributed by atoms with Gasteiger partial charge in [-0.1, -0.05) is 17.7 Å². The first-order valence-electron chi connectivity index (χ1n) is 8.25. The largest absolute Gasteiger partial charge is 0.342 e. The third-order valence-corrected chi connectivity index (χ3v) is 6.36. The van der Waals surface area contributed by atoms with Gasteiger partial charge in [-0.25, -0.2) is 13.1 Å². The molecule has 3 rings (SSSR count). The number of benzene rings is 1. The fourth-order valence-electron chi connectivity index (χ4n) is 3.19. The summed E-state index contributed by atoms with van der Waals surface area (Å²) in [5.74, 6) is 0.485. The number of piperidine rings is 1. The molecular formula is C17H24N2O3S. The Morgan fingerprint density at radius 1 is 1.13 bits per heavy atom. The number of hydrogen-bond acceptors (Lipinski definition) is 3. The topological polar surface area (TPSA) is 66.5 Å². The van der Waals surface area contributed by atoms with Crippen molar-refractivity contribution in [1.29, 1.82) is 0 Å². The Hall–Kier alpha value is -1.40. The number of aryl methyl sites for hydroxylation is 2. The van der Waals surface area contributed by atoms with Crippen LogP contribution >= 0.6 is 0 Å². The average Bonchev–Trinajstić information content (AvgIpc) is 3.31.